The summed E-state index contributed by atoms with van der Waals surface area (Å²) in [6, 6.07) is 1.32. The van der Waals surface area contributed by atoms with Crippen molar-refractivity contribution < 1.29 is 32.5 Å². The Balaban J connectivity index is 2.30. The molecule has 130 valence electrons. The van der Waals surface area contributed by atoms with Crippen molar-refractivity contribution in [3.63, 3.8) is 0 Å². The molecule has 1 saturated heterocycles. The number of hydrogen-bond acceptors (Lipinski definition) is 6. The summed E-state index contributed by atoms with van der Waals surface area (Å²) < 4.78 is 48.3. The van der Waals surface area contributed by atoms with E-state index in [1.54, 1.807) is 0 Å². The molecule has 2 atom stereocenters. The summed E-state index contributed by atoms with van der Waals surface area (Å²) in [5, 5.41) is 13.3. The first-order chi connectivity index (χ1) is 10.7. The fourth-order valence-corrected chi connectivity index (χ4v) is 2.29. The van der Waals surface area contributed by atoms with Gasteiger partial charge < -0.3 is 19.5 Å². The van der Waals surface area contributed by atoms with Gasteiger partial charge in [-0.1, -0.05) is 0 Å². The number of carbonyl (C=O) groups excluding carboxylic acids is 1. The van der Waals surface area contributed by atoms with Gasteiger partial charge in [0.1, 0.15) is 5.69 Å². The van der Waals surface area contributed by atoms with Crippen molar-refractivity contribution in [3.05, 3.63) is 11.8 Å². The van der Waals surface area contributed by atoms with Crippen LogP contribution in [-0.2, 0) is 16.0 Å². The molecule has 1 aliphatic heterocycles. The monoisotopic (exact) mass is 337 g/mol. The van der Waals surface area contributed by atoms with Crippen molar-refractivity contribution >= 4 is 11.8 Å². The van der Waals surface area contributed by atoms with E-state index in [4.69, 9.17) is 4.74 Å². The first-order valence-electron chi connectivity index (χ1n) is 6.99. The number of nitrogens with zero attached hydrogens (tertiary/aromatic N) is 3. The van der Waals surface area contributed by atoms with Crippen molar-refractivity contribution in [3.8, 4) is 0 Å². The van der Waals surface area contributed by atoms with Crippen LogP contribution in [0.2, 0.25) is 0 Å². The Bertz CT molecular complexity index is 561. The average molecular weight is 337 g/mol. The van der Waals surface area contributed by atoms with E-state index in [0.717, 1.165) is 11.8 Å². The Hall–Kier alpha value is -1.81. The lowest BCUT2D eigenvalue weighted by molar-refractivity contribution is -0.208. The number of aliphatic hydroxyl groups excluding tert-OH is 1. The minimum absolute atomic E-state index is 0.0369. The van der Waals surface area contributed by atoms with Crippen molar-refractivity contribution in [2.75, 3.05) is 31.8 Å². The van der Waals surface area contributed by atoms with E-state index in [1.165, 1.54) is 6.07 Å². The third kappa shape index (κ3) is 3.94. The van der Waals surface area contributed by atoms with Crippen LogP contribution in [0.4, 0.5) is 19.0 Å². The van der Waals surface area contributed by atoms with Gasteiger partial charge >= 0.3 is 12.1 Å². The van der Waals surface area contributed by atoms with E-state index in [-0.39, 0.29) is 11.7 Å². The molecular formula is C13H18F3N3O4. The summed E-state index contributed by atoms with van der Waals surface area (Å²) in [5.74, 6) is -0.477. The number of aliphatic hydroxyl groups is 1. The number of methoxy groups -OCH3 is 1. The van der Waals surface area contributed by atoms with Gasteiger partial charge in [0.25, 0.3) is 0 Å². The second-order valence-electron chi connectivity index (χ2n) is 5.24. The Morgan fingerprint density at radius 1 is 1.61 bits per heavy atom. The molecule has 1 fully saturated rings. The van der Waals surface area contributed by atoms with E-state index in [1.807, 2.05) is 11.8 Å². The summed E-state index contributed by atoms with van der Waals surface area (Å²) in [5.41, 5.74) is -0.149. The summed E-state index contributed by atoms with van der Waals surface area (Å²) in [7, 11) is 1.12. The number of alkyl halides is 3. The van der Waals surface area contributed by atoms with E-state index < -0.39 is 24.8 Å². The molecular weight excluding hydrogens is 319 g/mol. The van der Waals surface area contributed by atoms with E-state index >= 15 is 0 Å². The molecule has 23 heavy (non-hydrogen) atoms. The number of ether oxygens (including phenoxy) is 2. The fraction of sp³-hybridized carbons (Fsp3) is 0.692. The number of hydrogen-bond donors (Lipinski definition) is 1. The van der Waals surface area contributed by atoms with Gasteiger partial charge in [0, 0.05) is 12.6 Å². The number of carbonyl (C=O) groups is 1. The van der Waals surface area contributed by atoms with Crippen molar-refractivity contribution in [2.45, 2.75) is 31.8 Å². The molecule has 0 aromatic carbocycles. The van der Waals surface area contributed by atoms with Crippen LogP contribution in [0.15, 0.2) is 6.07 Å². The molecule has 0 spiro atoms. The first kappa shape index (κ1) is 17.5. The maximum atomic E-state index is 12.5. The maximum Gasteiger partial charge on any atom is 0.416 e. The highest BCUT2D eigenvalue weighted by atomic mass is 19.4. The van der Waals surface area contributed by atoms with Crippen LogP contribution in [0.25, 0.3) is 0 Å². The molecule has 0 radical (unpaired) electrons. The summed E-state index contributed by atoms with van der Waals surface area (Å²) in [4.78, 5) is 13.6. The molecule has 1 unspecified atom stereocenters. The molecule has 0 amide bonds. The minimum atomic E-state index is -4.80. The van der Waals surface area contributed by atoms with Crippen LogP contribution in [-0.4, -0.2) is 66.0 Å². The van der Waals surface area contributed by atoms with Crippen LogP contribution < -0.4 is 4.90 Å². The zero-order valence-corrected chi connectivity index (χ0v) is 12.7. The molecule has 1 aromatic rings. The molecule has 0 aliphatic carbocycles. The zero-order valence-electron chi connectivity index (χ0n) is 12.7. The average Bonchev–Trinajstić information content (AvgIpc) is 2.89. The topological polar surface area (TPSA) is 76.8 Å². The van der Waals surface area contributed by atoms with Gasteiger partial charge in [-0.3, -0.25) is 4.68 Å². The largest absolute Gasteiger partial charge is 0.464 e. The first-order valence-corrected chi connectivity index (χ1v) is 6.99. The molecule has 7 nitrogen and oxygen atoms in total. The zero-order chi connectivity index (χ0) is 17.2. The van der Waals surface area contributed by atoms with Gasteiger partial charge in [-0.15, -0.1) is 0 Å². The molecule has 1 aromatic heterocycles. The summed E-state index contributed by atoms with van der Waals surface area (Å²) in [6.45, 7) is 2.40. The normalized spacial score (nSPS) is 20.4. The van der Waals surface area contributed by atoms with Crippen LogP contribution in [0.5, 0.6) is 0 Å². The lowest BCUT2D eigenvalue weighted by Gasteiger charge is -2.33. The molecule has 1 aliphatic rings. The predicted molar refractivity (Wildman–Crippen MR) is 73.3 cm³/mol. The standard InChI is InChI=1S/C13H18F3N3O4/c1-8-7-23-4-3-18(8)11-5-9(12(21)22-2)19(17-11)6-10(20)13(14,15)16/h5,8,10,20H,3-4,6-7H2,1-2H3/t8-,10?/m1/s1. The lowest BCUT2D eigenvalue weighted by Crippen LogP contribution is -2.44. The third-order valence-corrected chi connectivity index (χ3v) is 3.55. The SMILES string of the molecule is COC(=O)c1cc(N2CCOC[C@H]2C)nn1CC(O)C(F)(F)F. The van der Waals surface area contributed by atoms with Crippen LogP contribution in [0.1, 0.15) is 17.4 Å². The molecule has 0 saturated carbocycles. The molecule has 2 heterocycles. The Morgan fingerprint density at radius 2 is 2.30 bits per heavy atom. The number of morpholine rings is 1. The van der Waals surface area contributed by atoms with E-state index in [0.29, 0.717) is 25.6 Å². The predicted octanol–water partition coefficient (Wildman–Crippen LogP) is 0.818. The van der Waals surface area contributed by atoms with Gasteiger partial charge in [-0.25, -0.2) is 4.79 Å². The number of esters is 1. The van der Waals surface area contributed by atoms with E-state index in [9.17, 15) is 23.1 Å². The maximum absolute atomic E-state index is 12.5. The number of aromatic nitrogens is 2. The second-order valence-corrected chi connectivity index (χ2v) is 5.24. The Morgan fingerprint density at radius 3 is 2.87 bits per heavy atom. The van der Waals surface area contributed by atoms with Crippen LogP contribution in [0, 0.1) is 0 Å². The quantitative estimate of drug-likeness (QED) is 0.820. The van der Waals surface area contributed by atoms with Crippen molar-refractivity contribution in [1.29, 1.82) is 0 Å². The molecule has 0 bridgehead atoms. The van der Waals surface area contributed by atoms with Gasteiger partial charge in [-0.2, -0.15) is 18.3 Å². The Labute approximate surface area is 130 Å². The lowest BCUT2D eigenvalue weighted by atomic mass is 10.2. The minimum Gasteiger partial charge on any atom is -0.464 e. The Kier molecular flexibility index (Phi) is 5.15. The highest BCUT2D eigenvalue weighted by Crippen LogP contribution is 2.24. The second kappa shape index (κ2) is 6.75. The number of anilines is 1. The highest BCUT2D eigenvalue weighted by Gasteiger charge is 2.39. The van der Waals surface area contributed by atoms with Crippen molar-refractivity contribution in [2.24, 2.45) is 0 Å². The number of halogens is 3. The van der Waals surface area contributed by atoms with Gasteiger partial charge in [-0.05, 0) is 6.92 Å². The smallest absolute Gasteiger partial charge is 0.416 e. The van der Waals surface area contributed by atoms with Gasteiger partial charge in [0.05, 0.1) is 32.9 Å². The highest BCUT2D eigenvalue weighted by molar-refractivity contribution is 5.88. The molecule has 10 heteroatoms. The fourth-order valence-electron chi connectivity index (χ4n) is 2.29. The van der Waals surface area contributed by atoms with Crippen LogP contribution in [0.3, 0.4) is 0 Å². The van der Waals surface area contributed by atoms with Gasteiger partial charge in [0.2, 0.25) is 0 Å². The number of rotatable bonds is 4. The molecule has 2 rings (SSSR count). The molecule has 1 N–H and O–H groups in total. The summed E-state index contributed by atoms with van der Waals surface area (Å²) in [6.07, 6.45) is -7.42. The summed E-state index contributed by atoms with van der Waals surface area (Å²) >= 11 is 0. The van der Waals surface area contributed by atoms with E-state index in [2.05, 4.69) is 9.84 Å². The van der Waals surface area contributed by atoms with Crippen molar-refractivity contribution in [1.82, 2.24) is 9.78 Å². The van der Waals surface area contributed by atoms with Crippen LogP contribution >= 0.6 is 0 Å². The third-order valence-electron chi connectivity index (χ3n) is 3.55. The van der Waals surface area contributed by atoms with Gasteiger partial charge in [0.15, 0.2) is 11.9 Å².